The van der Waals surface area contributed by atoms with Gasteiger partial charge in [-0.1, -0.05) is 12.1 Å². The topological polar surface area (TPSA) is 41.8 Å². The van der Waals surface area contributed by atoms with Crippen molar-refractivity contribution in [3.63, 3.8) is 0 Å². The van der Waals surface area contributed by atoms with Gasteiger partial charge in [-0.05, 0) is 43.0 Å². The highest BCUT2D eigenvalue weighted by Gasteiger charge is 2.18. The Labute approximate surface area is 89.4 Å². The lowest BCUT2D eigenvalue weighted by atomic mass is 10.1. The lowest BCUT2D eigenvalue weighted by Crippen LogP contribution is -1.97. The number of fused-ring (bicyclic) bond motifs is 1. The molecule has 1 aliphatic rings. The predicted molar refractivity (Wildman–Crippen MR) is 58.9 cm³/mol. The number of benzene rings is 1. The summed E-state index contributed by atoms with van der Waals surface area (Å²) in [4.78, 5) is 0. The Bertz CT molecular complexity index is 385. The van der Waals surface area contributed by atoms with Gasteiger partial charge in [-0.3, -0.25) is 0 Å². The second kappa shape index (κ2) is 4.34. The van der Waals surface area contributed by atoms with E-state index in [0.29, 0.717) is 0 Å². The molecule has 1 aromatic carbocycles. The first kappa shape index (κ1) is 10.0. The van der Waals surface area contributed by atoms with Crippen LogP contribution in [0.2, 0.25) is 0 Å². The number of aryl methyl sites for hydroxylation is 1. The van der Waals surface area contributed by atoms with Gasteiger partial charge in [0.25, 0.3) is 0 Å². The molecule has 0 heterocycles. The fraction of sp³-hybridized carbons (Fsp3) is 0.417. The zero-order valence-electron chi connectivity index (χ0n) is 8.86. The first-order valence-corrected chi connectivity index (χ1v) is 5.32. The maximum Gasteiger partial charge on any atom is 0.119 e. The van der Waals surface area contributed by atoms with E-state index in [-0.39, 0.29) is 0 Å². The second-order valence-electron chi connectivity index (χ2n) is 3.71. The summed E-state index contributed by atoms with van der Waals surface area (Å²) >= 11 is 0. The molecule has 0 amide bonds. The quantitative estimate of drug-likeness (QED) is 0.608. The van der Waals surface area contributed by atoms with E-state index in [4.69, 9.17) is 9.94 Å². The van der Waals surface area contributed by atoms with Crippen LogP contribution in [-0.2, 0) is 6.42 Å². The Balaban J connectivity index is 2.21. The van der Waals surface area contributed by atoms with E-state index in [1.54, 1.807) is 0 Å². The smallest absolute Gasteiger partial charge is 0.119 e. The highest BCUT2D eigenvalue weighted by molar-refractivity contribution is 6.04. The molecule has 0 saturated heterocycles. The highest BCUT2D eigenvalue weighted by atomic mass is 16.5. The van der Waals surface area contributed by atoms with Crippen LogP contribution in [0.15, 0.2) is 23.4 Å². The van der Waals surface area contributed by atoms with Crippen molar-refractivity contribution in [1.82, 2.24) is 0 Å². The van der Waals surface area contributed by atoms with Gasteiger partial charge in [0.15, 0.2) is 0 Å². The van der Waals surface area contributed by atoms with Gasteiger partial charge >= 0.3 is 0 Å². The van der Waals surface area contributed by atoms with Crippen LogP contribution in [-0.4, -0.2) is 17.5 Å². The summed E-state index contributed by atoms with van der Waals surface area (Å²) in [6.07, 6.45) is 2.78. The first-order chi connectivity index (χ1) is 7.35. The van der Waals surface area contributed by atoms with Gasteiger partial charge < -0.3 is 9.94 Å². The third kappa shape index (κ3) is 1.96. The summed E-state index contributed by atoms with van der Waals surface area (Å²) in [6, 6.07) is 5.95. The van der Waals surface area contributed by atoms with Gasteiger partial charge in [0.2, 0.25) is 0 Å². The van der Waals surface area contributed by atoms with E-state index in [1.807, 2.05) is 18.2 Å². The molecule has 80 valence electrons. The minimum Gasteiger partial charge on any atom is -0.494 e. The summed E-state index contributed by atoms with van der Waals surface area (Å²) in [5.41, 5.74) is 3.06. The maximum absolute atomic E-state index is 8.78. The van der Waals surface area contributed by atoms with Gasteiger partial charge in [-0.2, -0.15) is 0 Å². The van der Waals surface area contributed by atoms with Crippen LogP contribution in [0.4, 0.5) is 0 Å². The molecule has 1 N–H and O–H groups in total. The van der Waals surface area contributed by atoms with Gasteiger partial charge in [-0.25, -0.2) is 0 Å². The van der Waals surface area contributed by atoms with Crippen molar-refractivity contribution in [2.75, 3.05) is 6.61 Å². The predicted octanol–water partition coefficient (Wildman–Crippen LogP) is 2.60. The molecule has 2 rings (SSSR count). The summed E-state index contributed by atoms with van der Waals surface area (Å²) < 4.78 is 5.55. The van der Waals surface area contributed by atoms with Gasteiger partial charge in [0, 0.05) is 5.56 Å². The van der Waals surface area contributed by atoms with Crippen molar-refractivity contribution >= 4 is 5.71 Å². The number of oxime groups is 1. The van der Waals surface area contributed by atoms with Crippen LogP contribution >= 0.6 is 0 Å². The molecule has 0 bridgehead atoms. The molecule has 0 saturated carbocycles. The van der Waals surface area contributed by atoms with E-state index in [1.165, 1.54) is 5.56 Å². The van der Waals surface area contributed by atoms with Crippen molar-refractivity contribution in [3.8, 4) is 5.75 Å². The molecule has 1 aliphatic carbocycles. The van der Waals surface area contributed by atoms with E-state index in [0.717, 1.165) is 42.9 Å². The summed E-state index contributed by atoms with van der Waals surface area (Å²) in [5, 5.41) is 12.1. The molecule has 3 nitrogen and oxygen atoms in total. The Kier molecular flexibility index (Phi) is 2.90. The molecule has 0 radical (unpaired) electrons. The average Bonchev–Trinajstić information content (AvgIpc) is 2.68. The molecule has 0 unspecified atom stereocenters. The Morgan fingerprint density at radius 1 is 1.40 bits per heavy atom. The number of ether oxygens (including phenoxy) is 1. The third-order valence-corrected chi connectivity index (χ3v) is 2.61. The van der Waals surface area contributed by atoms with Crippen LogP contribution in [0.3, 0.4) is 0 Å². The lowest BCUT2D eigenvalue weighted by Gasteiger charge is -2.06. The fourth-order valence-electron chi connectivity index (χ4n) is 1.86. The molecule has 0 spiro atoms. The molecule has 0 atom stereocenters. The Morgan fingerprint density at radius 2 is 2.27 bits per heavy atom. The van der Waals surface area contributed by atoms with Crippen molar-refractivity contribution < 1.29 is 9.94 Å². The SMILES string of the molecule is CCCOc1ccc2c(c1)CC/C2=N\O. The summed E-state index contributed by atoms with van der Waals surface area (Å²) in [7, 11) is 0. The molecule has 0 aromatic heterocycles. The number of nitrogens with zero attached hydrogens (tertiary/aromatic N) is 1. The van der Waals surface area contributed by atoms with E-state index in [9.17, 15) is 0 Å². The molecule has 3 heteroatoms. The second-order valence-corrected chi connectivity index (χ2v) is 3.71. The largest absolute Gasteiger partial charge is 0.494 e. The van der Waals surface area contributed by atoms with E-state index < -0.39 is 0 Å². The Hall–Kier alpha value is -1.51. The van der Waals surface area contributed by atoms with Crippen molar-refractivity contribution in [3.05, 3.63) is 29.3 Å². The van der Waals surface area contributed by atoms with Crippen LogP contribution in [0.1, 0.15) is 30.9 Å². The standard InChI is InChI=1S/C12H15NO2/c1-2-7-15-10-4-5-11-9(8-10)3-6-12(11)13-14/h4-5,8,14H,2-3,6-7H2,1H3/b13-12+. The van der Waals surface area contributed by atoms with Gasteiger partial charge in [0.1, 0.15) is 5.75 Å². The zero-order valence-corrected chi connectivity index (χ0v) is 8.86. The summed E-state index contributed by atoms with van der Waals surface area (Å²) in [5.74, 6) is 0.912. The number of hydrogen-bond acceptors (Lipinski definition) is 3. The van der Waals surface area contributed by atoms with Crippen LogP contribution < -0.4 is 4.74 Å². The van der Waals surface area contributed by atoms with Gasteiger partial charge in [0.05, 0.1) is 12.3 Å². The molecule has 15 heavy (non-hydrogen) atoms. The van der Waals surface area contributed by atoms with Crippen molar-refractivity contribution in [2.24, 2.45) is 5.16 Å². The third-order valence-electron chi connectivity index (χ3n) is 2.61. The molecule has 0 aliphatic heterocycles. The molecular formula is C12H15NO2. The average molecular weight is 205 g/mol. The number of rotatable bonds is 3. The monoisotopic (exact) mass is 205 g/mol. The number of hydrogen-bond donors (Lipinski definition) is 1. The lowest BCUT2D eigenvalue weighted by molar-refractivity contribution is 0.317. The fourth-order valence-corrected chi connectivity index (χ4v) is 1.86. The molecule has 1 aromatic rings. The van der Waals surface area contributed by atoms with Crippen LogP contribution in [0, 0.1) is 0 Å². The van der Waals surface area contributed by atoms with E-state index in [2.05, 4.69) is 12.1 Å². The molecule has 0 fully saturated rings. The van der Waals surface area contributed by atoms with Gasteiger partial charge in [-0.15, -0.1) is 0 Å². The van der Waals surface area contributed by atoms with Crippen LogP contribution in [0.5, 0.6) is 5.75 Å². The van der Waals surface area contributed by atoms with Crippen molar-refractivity contribution in [1.29, 1.82) is 0 Å². The molecular weight excluding hydrogens is 190 g/mol. The minimum atomic E-state index is 0.750. The Morgan fingerprint density at radius 3 is 3.00 bits per heavy atom. The zero-order chi connectivity index (χ0) is 10.7. The first-order valence-electron chi connectivity index (χ1n) is 5.32. The van der Waals surface area contributed by atoms with E-state index >= 15 is 0 Å². The van der Waals surface area contributed by atoms with Crippen LogP contribution in [0.25, 0.3) is 0 Å². The minimum absolute atomic E-state index is 0.750. The summed E-state index contributed by atoms with van der Waals surface area (Å²) in [6.45, 7) is 2.84. The normalized spacial score (nSPS) is 16.7. The highest BCUT2D eigenvalue weighted by Crippen LogP contribution is 2.26. The van der Waals surface area contributed by atoms with Crippen molar-refractivity contribution in [2.45, 2.75) is 26.2 Å². The maximum atomic E-state index is 8.78.